The van der Waals surface area contributed by atoms with E-state index in [2.05, 4.69) is 6.58 Å². The fraction of sp³-hybridized carbons (Fsp3) is 0.294. The molecule has 0 saturated heterocycles. The van der Waals surface area contributed by atoms with Crippen molar-refractivity contribution in [1.29, 1.82) is 0 Å². The van der Waals surface area contributed by atoms with Gasteiger partial charge in [0.15, 0.2) is 5.43 Å². The largest absolute Gasteiger partial charge is 0.298 e. The predicted molar refractivity (Wildman–Crippen MR) is 83.8 cm³/mol. The van der Waals surface area contributed by atoms with Gasteiger partial charge in [0.1, 0.15) is 6.29 Å². The first-order valence-electron chi connectivity index (χ1n) is 6.87. The van der Waals surface area contributed by atoms with Crippen LogP contribution in [-0.2, 0) is 12.8 Å². The van der Waals surface area contributed by atoms with Gasteiger partial charge in [-0.05, 0) is 43.7 Å². The summed E-state index contributed by atoms with van der Waals surface area (Å²) in [5.74, 6) is 0.599. The molecule has 3 rings (SSSR count). The highest BCUT2D eigenvalue weighted by Crippen LogP contribution is 2.32. The van der Waals surface area contributed by atoms with Crippen LogP contribution in [0.2, 0.25) is 0 Å². The summed E-state index contributed by atoms with van der Waals surface area (Å²) in [6.45, 7) is 3.80. The number of hydrogen-bond acceptors (Lipinski definition) is 3. The maximum atomic E-state index is 12.5. The van der Waals surface area contributed by atoms with Crippen LogP contribution in [-0.4, -0.2) is 6.29 Å². The summed E-state index contributed by atoms with van der Waals surface area (Å²) < 4.78 is 0.928. The number of aldehydes is 1. The normalized spacial score (nSPS) is 17.7. The molecule has 0 spiro atoms. The zero-order chi connectivity index (χ0) is 14.1. The van der Waals surface area contributed by atoms with E-state index < -0.39 is 0 Å². The van der Waals surface area contributed by atoms with E-state index in [0.717, 1.165) is 47.6 Å². The quantitative estimate of drug-likeness (QED) is 0.635. The summed E-state index contributed by atoms with van der Waals surface area (Å²) >= 11 is 1.67. The van der Waals surface area contributed by atoms with Gasteiger partial charge in [0.05, 0.1) is 0 Å². The molecule has 1 aromatic carbocycles. The van der Waals surface area contributed by atoms with Crippen molar-refractivity contribution >= 4 is 27.7 Å². The van der Waals surface area contributed by atoms with Crippen molar-refractivity contribution in [2.75, 3.05) is 0 Å². The number of allylic oxidation sites excluding steroid dienone is 1. The molecule has 1 aromatic heterocycles. The third-order valence-electron chi connectivity index (χ3n) is 4.01. The third-order valence-corrected chi connectivity index (χ3v) is 5.22. The van der Waals surface area contributed by atoms with Crippen LogP contribution in [0, 0.1) is 5.92 Å². The Hall–Kier alpha value is -1.74. The van der Waals surface area contributed by atoms with E-state index in [1.807, 2.05) is 12.1 Å². The molecule has 3 heteroatoms. The van der Waals surface area contributed by atoms with E-state index in [1.54, 1.807) is 23.5 Å². The lowest BCUT2D eigenvalue weighted by Gasteiger charge is -2.22. The monoisotopic (exact) mass is 284 g/mol. The Bertz CT molecular complexity index is 742. The van der Waals surface area contributed by atoms with Gasteiger partial charge >= 0.3 is 0 Å². The molecule has 1 heterocycles. The van der Waals surface area contributed by atoms with E-state index in [4.69, 9.17) is 0 Å². The van der Waals surface area contributed by atoms with Crippen molar-refractivity contribution < 1.29 is 4.79 Å². The van der Waals surface area contributed by atoms with E-state index in [9.17, 15) is 9.59 Å². The van der Waals surface area contributed by atoms with E-state index in [-0.39, 0.29) is 5.43 Å². The van der Waals surface area contributed by atoms with Gasteiger partial charge in [-0.25, -0.2) is 0 Å². The molecule has 1 unspecified atom stereocenters. The standard InChI is InChI=1S/C17H16O2S/c1-2-3-11-4-6-13-15(8-11)20-16-9-12(10-18)5-7-14(16)17(13)19/h2,5,7,9-11H,1,3-4,6,8H2. The van der Waals surface area contributed by atoms with Gasteiger partial charge < -0.3 is 0 Å². The number of hydrogen-bond donors (Lipinski definition) is 0. The van der Waals surface area contributed by atoms with Crippen molar-refractivity contribution in [3.63, 3.8) is 0 Å². The van der Waals surface area contributed by atoms with Gasteiger partial charge in [0, 0.05) is 26.1 Å². The second-order valence-electron chi connectivity index (χ2n) is 5.34. The van der Waals surface area contributed by atoms with E-state index in [1.165, 1.54) is 4.88 Å². The van der Waals surface area contributed by atoms with Crippen molar-refractivity contribution in [3.8, 4) is 0 Å². The number of carbonyl (C=O) groups is 1. The van der Waals surface area contributed by atoms with Crippen molar-refractivity contribution in [1.82, 2.24) is 0 Å². The Morgan fingerprint density at radius 2 is 2.25 bits per heavy atom. The third kappa shape index (κ3) is 2.22. The van der Waals surface area contributed by atoms with Crippen LogP contribution in [0.4, 0.5) is 0 Å². The van der Waals surface area contributed by atoms with Crippen LogP contribution in [0.15, 0.2) is 35.6 Å². The fourth-order valence-electron chi connectivity index (χ4n) is 2.94. The molecule has 0 N–H and O–H groups in total. The Morgan fingerprint density at radius 1 is 1.40 bits per heavy atom. The van der Waals surface area contributed by atoms with Crippen LogP contribution in [0.3, 0.4) is 0 Å². The predicted octanol–water partition coefficient (Wildman–Crippen LogP) is 3.76. The lowest BCUT2D eigenvalue weighted by molar-refractivity contribution is 0.112. The highest BCUT2D eigenvalue weighted by Gasteiger charge is 2.22. The molecule has 1 aliphatic carbocycles. The lowest BCUT2D eigenvalue weighted by atomic mass is 9.86. The summed E-state index contributed by atoms with van der Waals surface area (Å²) in [4.78, 5) is 24.6. The van der Waals surface area contributed by atoms with Gasteiger partial charge in [0.25, 0.3) is 0 Å². The van der Waals surface area contributed by atoms with Gasteiger partial charge in [-0.1, -0.05) is 12.1 Å². The summed E-state index contributed by atoms with van der Waals surface area (Å²) in [5.41, 5.74) is 1.77. The molecule has 0 amide bonds. The molecule has 2 nitrogen and oxygen atoms in total. The van der Waals surface area contributed by atoms with Crippen LogP contribution < -0.4 is 5.43 Å². The van der Waals surface area contributed by atoms with E-state index >= 15 is 0 Å². The highest BCUT2D eigenvalue weighted by molar-refractivity contribution is 7.18. The fourth-order valence-corrected chi connectivity index (χ4v) is 4.30. The maximum Gasteiger partial charge on any atom is 0.191 e. The maximum absolute atomic E-state index is 12.5. The molecule has 0 saturated carbocycles. The molecule has 102 valence electrons. The van der Waals surface area contributed by atoms with Crippen LogP contribution in [0.5, 0.6) is 0 Å². The molecular formula is C17H16O2S. The van der Waals surface area contributed by atoms with Gasteiger partial charge in [-0.3, -0.25) is 9.59 Å². The molecule has 1 aliphatic rings. The number of carbonyl (C=O) groups excluding carboxylic acids is 1. The first-order chi connectivity index (χ1) is 9.72. The minimum atomic E-state index is 0.156. The molecule has 1 atom stereocenters. The molecule has 20 heavy (non-hydrogen) atoms. The van der Waals surface area contributed by atoms with E-state index in [0.29, 0.717) is 11.5 Å². The zero-order valence-corrected chi connectivity index (χ0v) is 12.0. The first kappa shape index (κ1) is 13.3. The molecule has 0 aliphatic heterocycles. The summed E-state index contributed by atoms with van der Waals surface area (Å²) in [6.07, 6.45) is 6.70. The van der Waals surface area contributed by atoms with Crippen LogP contribution >= 0.6 is 11.3 Å². The van der Waals surface area contributed by atoms with Crippen molar-refractivity contribution in [2.24, 2.45) is 5.92 Å². The van der Waals surface area contributed by atoms with Gasteiger partial charge in [-0.15, -0.1) is 17.9 Å². The number of fused-ring (bicyclic) bond motifs is 2. The lowest BCUT2D eigenvalue weighted by Crippen LogP contribution is -2.20. The number of benzene rings is 1. The Morgan fingerprint density at radius 3 is 3.00 bits per heavy atom. The average Bonchev–Trinajstić information content (AvgIpc) is 2.47. The Kier molecular flexibility index (Phi) is 3.53. The van der Waals surface area contributed by atoms with Crippen LogP contribution in [0.25, 0.3) is 10.1 Å². The molecule has 0 bridgehead atoms. The molecule has 0 radical (unpaired) electrons. The minimum absolute atomic E-state index is 0.156. The highest BCUT2D eigenvalue weighted by atomic mass is 32.1. The SMILES string of the molecule is C=CCC1CCc2c(sc3cc(C=O)ccc3c2=O)C1. The second kappa shape index (κ2) is 5.33. The zero-order valence-electron chi connectivity index (χ0n) is 11.2. The number of rotatable bonds is 3. The minimum Gasteiger partial charge on any atom is -0.298 e. The van der Waals surface area contributed by atoms with Crippen molar-refractivity contribution in [2.45, 2.75) is 25.7 Å². The Balaban J connectivity index is 2.14. The first-order valence-corrected chi connectivity index (χ1v) is 7.69. The van der Waals surface area contributed by atoms with Gasteiger partial charge in [0.2, 0.25) is 0 Å². The Labute approximate surface area is 121 Å². The van der Waals surface area contributed by atoms with Crippen molar-refractivity contribution in [3.05, 3.63) is 57.1 Å². The smallest absolute Gasteiger partial charge is 0.191 e. The second-order valence-corrected chi connectivity index (χ2v) is 6.48. The molecular weight excluding hydrogens is 268 g/mol. The summed E-state index contributed by atoms with van der Waals surface area (Å²) in [5, 5.41) is 0.751. The van der Waals surface area contributed by atoms with Crippen LogP contribution in [0.1, 0.15) is 33.6 Å². The average molecular weight is 284 g/mol. The topological polar surface area (TPSA) is 34.1 Å². The van der Waals surface area contributed by atoms with Gasteiger partial charge in [-0.2, -0.15) is 0 Å². The molecule has 2 aromatic rings. The molecule has 0 fully saturated rings. The summed E-state index contributed by atoms with van der Waals surface area (Å²) in [6, 6.07) is 5.33. The summed E-state index contributed by atoms with van der Waals surface area (Å²) in [7, 11) is 0.